The molecule has 0 saturated heterocycles. The molecule has 150 valence electrons. The van der Waals surface area contributed by atoms with Crippen LogP contribution in [0.2, 0.25) is 0 Å². The fourth-order valence-electron chi connectivity index (χ4n) is 3.24. The number of carbonyl (C=O) groups is 1. The molecule has 1 N–H and O–H groups in total. The van der Waals surface area contributed by atoms with Gasteiger partial charge in [0.1, 0.15) is 5.82 Å². The van der Waals surface area contributed by atoms with Crippen LogP contribution in [0.15, 0.2) is 59.5 Å². The number of carbonyl (C=O) groups excluding carboxylic acids is 1. The molecule has 0 unspecified atom stereocenters. The smallest absolute Gasteiger partial charge is 0.242 e. The van der Waals surface area contributed by atoms with Crippen molar-refractivity contribution in [1.82, 2.24) is 9.62 Å². The van der Waals surface area contributed by atoms with Gasteiger partial charge in [-0.2, -0.15) is 0 Å². The van der Waals surface area contributed by atoms with E-state index in [1.807, 2.05) is 18.2 Å². The van der Waals surface area contributed by atoms with Crippen LogP contribution >= 0.6 is 0 Å². The maximum Gasteiger partial charge on any atom is 0.242 e. The van der Waals surface area contributed by atoms with Gasteiger partial charge in [0.05, 0.1) is 4.90 Å². The summed E-state index contributed by atoms with van der Waals surface area (Å²) >= 11 is 0. The number of benzene rings is 2. The maximum absolute atomic E-state index is 13.0. The molecule has 2 aromatic carbocycles. The van der Waals surface area contributed by atoms with E-state index in [4.69, 9.17) is 0 Å². The number of rotatable bonds is 9. The Labute approximate surface area is 165 Å². The third-order valence-corrected chi connectivity index (χ3v) is 7.13. The van der Waals surface area contributed by atoms with Gasteiger partial charge < -0.3 is 5.32 Å². The lowest BCUT2D eigenvalue weighted by Crippen LogP contribution is -2.33. The zero-order valence-corrected chi connectivity index (χ0v) is 16.7. The molecule has 0 aliphatic heterocycles. The Morgan fingerprint density at radius 1 is 1.11 bits per heavy atom. The molecule has 0 heterocycles. The Hall–Kier alpha value is -2.25. The first kappa shape index (κ1) is 20.5. The Morgan fingerprint density at radius 3 is 2.36 bits per heavy atom. The SMILES string of the molecule is CN(CCCC(=O)NCC1(c2ccccc2)CC1)S(=O)(=O)c1ccc(F)cc1. The summed E-state index contributed by atoms with van der Waals surface area (Å²) in [5.74, 6) is -0.558. The number of sulfonamides is 1. The van der Waals surface area contributed by atoms with Crippen molar-refractivity contribution in [1.29, 1.82) is 0 Å². The molecule has 0 radical (unpaired) electrons. The van der Waals surface area contributed by atoms with Crippen molar-refractivity contribution in [2.75, 3.05) is 20.1 Å². The standard InChI is InChI=1S/C21H25FN2O3S/c1-24(28(26,27)19-11-9-18(22)10-12-19)15-5-8-20(25)23-16-21(13-14-21)17-6-3-2-4-7-17/h2-4,6-7,9-12H,5,8,13-16H2,1H3,(H,23,25). The molecule has 2 aromatic rings. The molecule has 1 amide bonds. The second-order valence-corrected chi connectivity index (χ2v) is 9.35. The van der Waals surface area contributed by atoms with E-state index in [0.29, 0.717) is 13.0 Å². The van der Waals surface area contributed by atoms with Gasteiger partial charge in [0.2, 0.25) is 15.9 Å². The fourth-order valence-corrected chi connectivity index (χ4v) is 4.44. The highest BCUT2D eigenvalue weighted by Crippen LogP contribution is 2.47. The van der Waals surface area contributed by atoms with Crippen LogP contribution in [0, 0.1) is 5.82 Å². The van der Waals surface area contributed by atoms with Crippen molar-refractivity contribution in [3.8, 4) is 0 Å². The van der Waals surface area contributed by atoms with Crippen molar-refractivity contribution in [2.24, 2.45) is 0 Å². The van der Waals surface area contributed by atoms with E-state index in [9.17, 15) is 17.6 Å². The number of hydrogen-bond donors (Lipinski definition) is 1. The quantitative estimate of drug-likeness (QED) is 0.699. The molecule has 1 aliphatic carbocycles. The summed E-state index contributed by atoms with van der Waals surface area (Å²) in [7, 11) is -2.22. The van der Waals surface area contributed by atoms with Crippen LogP contribution in [0.1, 0.15) is 31.2 Å². The Bertz CT molecular complexity index is 910. The molecule has 1 fully saturated rings. The zero-order chi connectivity index (χ0) is 20.2. The molecule has 0 aromatic heterocycles. The number of halogens is 1. The Morgan fingerprint density at radius 2 is 1.75 bits per heavy atom. The minimum absolute atomic E-state index is 0.0411. The molecule has 5 nitrogen and oxygen atoms in total. The molecule has 0 atom stereocenters. The molecular weight excluding hydrogens is 379 g/mol. The molecule has 1 saturated carbocycles. The summed E-state index contributed by atoms with van der Waals surface area (Å²) in [5.41, 5.74) is 1.31. The van der Waals surface area contributed by atoms with Crippen molar-refractivity contribution >= 4 is 15.9 Å². The number of nitrogens with one attached hydrogen (secondary N) is 1. The topological polar surface area (TPSA) is 66.5 Å². The Balaban J connectivity index is 1.44. The van der Waals surface area contributed by atoms with E-state index < -0.39 is 15.8 Å². The van der Waals surface area contributed by atoms with Gasteiger partial charge in [-0.05, 0) is 49.1 Å². The van der Waals surface area contributed by atoms with Crippen LogP contribution < -0.4 is 5.32 Å². The summed E-state index contributed by atoms with van der Waals surface area (Å²) in [6, 6.07) is 14.9. The fraction of sp³-hybridized carbons (Fsp3) is 0.381. The molecule has 0 bridgehead atoms. The third kappa shape index (κ3) is 4.77. The first-order valence-electron chi connectivity index (χ1n) is 9.38. The molecule has 7 heteroatoms. The first-order valence-corrected chi connectivity index (χ1v) is 10.8. The molecular formula is C21H25FN2O3S. The average Bonchev–Trinajstić information content (AvgIpc) is 3.48. The van der Waals surface area contributed by atoms with E-state index >= 15 is 0 Å². The van der Waals surface area contributed by atoms with Gasteiger partial charge >= 0.3 is 0 Å². The van der Waals surface area contributed by atoms with Crippen LogP contribution in [0.25, 0.3) is 0 Å². The van der Waals surface area contributed by atoms with Gasteiger partial charge in [-0.25, -0.2) is 17.1 Å². The van der Waals surface area contributed by atoms with E-state index in [2.05, 4.69) is 17.4 Å². The van der Waals surface area contributed by atoms with Crippen molar-refractivity contribution < 1.29 is 17.6 Å². The summed E-state index contributed by atoms with van der Waals surface area (Å²) in [6.07, 6.45) is 2.81. The van der Waals surface area contributed by atoms with Gasteiger partial charge in [0, 0.05) is 32.0 Å². The number of nitrogens with zero attached hydrogens (tertiary/aromatic N) is 1. The van der Waals surface area contributed by atoms with Crippen LogP contribution in [0.4, 0.5) is 4.39 Å². The van der Waals surface area contributed by atoms with Gasteiger partial charge in [-0.3, -0.25) is 4.79 Å². The highest BCUT2D eigenvalue weighted by atomic mass is 32.2. The molecule has 0 spiro atoms. The van der Waals surface area contributed by atoms with Gasteiger partial charge in [-0.15, -0.1) is 0 Å². The van der Waals surface area contributed by atoms with Crippen LogP contribution in [0.5, 0.6) is 0 Å². The largest absolute Gasteiger partial charge is 0.355 e. The van der Waals surface area contributed by atoms with Crippen molar-refractivity contribution in [3.05, 3.63) is 66.0 Å². The van der Waals surface area contributed by atoms with Crippen molar-refractivity contribution in [2.45, 2.75) is 36.0 Å². The lowest BCUT2D eigenvalue weighted by Gasteiger charge is -2.18. The van der Waals surface area contributed by atoms with Gasteiger partial charge in [0.25, 0.3) is 0 Å². The minimum Gasteiger partial charge on any atom is -0.355 e. The normalized spacial score (nSPS) is 15.4. The van der Waals surface area contributed by atoms with Gasteiger partial charge in [-0.1, -0.05) is 30.3 Å². The van der Waals surface area contributed by atoms with E-state index in [1.54, 1.807) is 0 Å². The summed E-state index contributed by atoms with van der Waals surface area (Å²) < 4.78 is 39.1. The van der Waals surface area contributed by atoms with E-state index in [0.717, 1.165) is 25.0 Å². The van der Waals surface area contributed by atoms with Gasteiger partial charge in [0.15, 0.2) is 0 Å². The maximum atomic E-state index is 13.0. The van der Waals surface area contributed by atoms with Crippen LogP contribution in [-0.4, -0.2) is 38.8 Å². The zero-order valence-electron chi connectivity index (χ0n) is 15.9. The van der Waals surface area contributed by atoms with E-state index in [-0.39, 0.29) is 29.2 Å². The van der Waals surface area contributed by atoms with Crippen molar-refractivity contribution in [3.63, 3.8) is 0 Å². The first-order chi connectivity index (χ1) is 13.3. The lowest BCUT2D eigenvalue weighted by molar-refractivity contribution is -0.121. The number of hydrogen-bond acceptors (Lipinski definition) is 3. The monoisotopic (exact) mass is 404 g/mol. The molecule has 28 heavy (non-hydrogen) atoms. The van der Waals surface area contributed by atoms with E-state index in [1.165, 1.54) is 29.0 Å². The number of amides is 1. The summed E-state index contributed by atoms with van der Waals surface area (Å²) in [5, 5.41) is 2.99. The highest BCUT2D eigenvalue weighted by Gasteiger charge is 2.44. The minimum atomic E-state index is -3.68. The summed E-state index contributed by atoms with van der Waals surface area (Å²) in [6.45, 7) is 0.830. The predicted octanol–water partition coefficient (Wildman–Crippen LogP) is 3.07. The lowest BCUT2D eigenvalue weighted by atomic mass is 9.96. The molecule has 1 aliphatic rings. The predicted molar refractivity (Wildman–Crippen MR) is 106 cm³/mol. The third-order valence-electron chi connectivity index (χ3n) is 5.26. The highest BCUT2D eigenvalue weighted by molar-refractivity contribution is 7.89. The van der Waals surface area contributed by atoms with Crippen LogP contribution in [0.3, 0.4) is 0 Å². The summed E-state index contributed by atoms with van der Waals surface area (Å²) in [4.78, 5) is 12.2. The molecule has 3 rings (SSSR count). The second-order valence-electron chi connectivity index (χ2n) is 7.31. The average molecular weight is 405 g/mol. The Kier molecular flexibility index (Phi) is 6.15. The second kappa shape index (κ2) is 8.41. The van der Waals surface area contributed by atoms with Crippen LogP contribution in [-0.2, 0) is 20.2 Å².